The number of carbonyl (C=O) groups excluding carboxylic acids is 2. The highest BCUT2D eigenvalue weighted by molar-refractivity contribution is 7.14. The summed E-state index contributed by atoms with van der Waals surface area (Å²) in [6.45, 7) is 6.26. The maximum Gasteiger partial charge on any atom is 0.264 e. The number of carbonyl (C=O) groups is 2. The lowest BCUT2D eigenvalue weighted by atomic mass is 10.1. The summed E-state index contributed by atoms with van der Waals surface area (Å²) in [7, 11) is 1.68. The van der Waals surface area contributed by atoms with Crippen molar-refractivity contribution in [1.29, 1.82) is 0 Å². The van der Waals surface area contributed by atoms with Crippen molar-refractivity contribution in [3.63, 3.8) is 0 Å². The van der Waals surface area contributed by atoms with E-state index in [1.165, 1.54) is 23.8 Å². The van der Waals surface area contributed by atoms with E-state index in [-0.39, 0.29) is 11.8 Å². The highest BCUT2D eigenvalue weighted by Gasteiger charge is 2.23. The molecule has 0 atom stereocenters. The number of hydrogen-bond acceptors (Lipinski definition) is 5. The molecule has 0 unspecified atom stereocenters. The number of nitrogens with zero attached hydrogens (tertiary/aromatic N) is 2. The van der Waals surface area contributed by atoms with E-state index in [2.05, 4.69) is 22.3 Å². The monoisotopic (exact) mass is 401 g/mol. The van der Waals surface area contributed by atoms with Crippen molar-refractivity contribution in [2.75, 3.05) is 39.8 Å². The van der Waals surface area contributed by atoms with E-state index in [1.807, 2.05) is 29.2 Å². The quantitative estimate of drug-likeness (QED) is 0.774. The van der Waals surface area contributed by atoms with Crippen LogP contribution in [0.4, 0.5) is 0 Å². The molecule has 150 valence electrons. The Kier molecular flexibility index (Phi) is 7.06. The molecule has 0 aliphatic carbocycles. The average molecular weight is 402 g/mol. The van der Waals surface area contributed by atoms with Gasteiger partial charge in [-0.05, 0) is 36.2 Å². The Morgan fingerprint density at radius 1 is 1.07 bits per heavy atom. The first-order valence-corrected chi connectivity index (χ1v) is 10.3. The molecular weight excluding hydrogens is 374 g/mol. The van der Waals surface area contributed by atoms with Gasteiger partial charge in [-0.25, -0.2) is 0 Å². The third kappa shape index (κ3) is 5.56. The zero-order valence-electron chi connectivity index (χ0n) is 16.4. The van der Waals surface area contributed by atoms with Crippen LogP contribution in [0.5, 0.6) is 5.75 Å². The molecule has 28 heavy (non-hydrogen) atoms. The third-order valence-electron chi connectivity index (χ3n) is 4.92. The van der Waals surface area contributed by atoms with Crippen LogP contribution in [0, 0.1) is 0 Å². The Hall–Kier alpha value is -2.38. The molecule has 1 aromatic heterocycles. The summed E-state index contributed by atoms with van der Waals surface area (Å²) >= 11 is 1.46. The van der Waals surface area contributed by atoms with Crippen molar-refractivity contribution in [2.24, 2.45) is 0 Å². The van der Waals surface area contributed by atoms with Gasteiger partial charge in [-0.2, -0.15) is 0 Å². The van der Waals surface area contributed by atoms with Crippen molar-refractivity contribution in [3.8, 4) is 5.75 Å². The molecule has 1 aromatic carbocycles. The van der Waals surface area contributed by atoms with Crippen LogP contribution in [0.3, 0.4) is 0 Å². The van der Waals surface area contributed by atoms with Crippen molar-refractivity contribution in [3.05, 3.63) is 51.7 Å². The van der Waals surface area contributed by atoms with Crippen LogP contribution in [0.2, 0.25) is 0 Å². The molecule has 1 N–H and O–H groups in total. The summed E-state index contributed by atoms with van der Waals surface area (Å²) in [5, 5.41) is 2.77. The number of piperazine rings is 1. The Morgan fingerprint density at radius 3 is 2.43 bits per heavy atom. The van der Waals surface area contributed by atoms with Gasteiger partial charge in [-0.15, -0.1) is 11.3 Å². The highest BCUT2D eigenvalue weighted by atomic mass is 32.1. The first-order valence-electron chi connectivity index (χ1n) is 9.53. The van der Waals surface area contributed by atoms with Crippen LogP contribution in [0.25, 0.3) is 0 Å². The smallest absolute Gasteiger partial charge is 0.264 e. The molecule has 0 bridgehead atoms. The largest absolute Gasteiger partial charge is 0.497 e. The minimum atomic E-state index is -0.0629. The summed E-state index contributed by atoms with van der Waals surface area (Å²) in [4.78, 5) is 29.8. The summed E-state index contributed by atoms with van der Waals surface area (Å²) in [6.07, 6.45) is 0.995. The summed E-state index contributed by atoms with van der Waals surface area (Å²) in [5.41, 5.74) is 1.30. The number of nitrogens with one attached hydrogen (secondary N) is 1. The fraction of sp³-hybridized carbons (Fsp3) is 0.429. The maximum absolute atomic E-state index is 12.7. The number of methoxy groups -OCH3 is 1. The SMILES string of the molecule is COc1ccc(CCN2CCN(C(=O)c3ccc(CNC(C)=O)s3)CC2)cc1. The van der Waals surface area contributed by atoms with Gasteiger partial charge in [-0.3, -0.25) is 14.5 Å². The number of hydrogen-bond donors (Lipinski definition) is 1. The van der Waals surface area contributed by atoms with Gasteiger partial charge in [0.15, 0.2) is 0 Å². The van der Waals surface area contributed by atoms with Gasteiger partial charge in [-0.1, -0.05) is 12.1 Å². The van der Waals surface area contributed by atoms with Crippen molar-refractivity contribution >= 4 is 23.2 Å². The molecule has 1 aliphatic heterocycles. The predicted molar refractivity (Wildman–Crippen MR) is 111 cm³/mol. The minimum absolute atomic E-state index is 0.0629. The van der Waals surface area contributed by atoms with Gasteiger partial charge >= 0.3 is 0 Å². The number of ether oxygens (including phenoxy) is 1. The standard InChI is InChI=1S/C21H27N3O3S/c1-16(25)22-15-19-7-8-20(28-19)21(26)24-13-11-23(12-14-24)10-9-17-3-5-18(27-2)6-4-17/h3-8H,9-15H2,1-2H3,(H,22,25). The minimum Gasteiger partial charge on any atom is -0.497 e. The number of benzene rings is 1. The van der Waals surface area contributed by atoms with Gasteiger partial charge in [0.2, 0.25) is 5.91 Å². The van der Waals surface area contributed by atoms with Gasteiger partial charge in [0, 0.05) is 44.5 Å². The Bertz CT molecular complexity index is 795. The summed E-state index contributed by atoms with van der Waals surface area (Å²) in [5.74, 6) is 0.908. The number of rotatable bonds is 7. The third-order valence-corrected chi connectivity index (χ3v) is 5.99. The normalized spacial score (nSPS) is 14.7. The molecule has 0 saturated carbocycles. The van der Waals surface area contributed by atoms with E-state index in [1.54, 1.807) is 7.11 Å². The molecule has 3 rings (SSSR count). The molecule has 0 radical (unpaired) electrons. The molecule has 2 amide bonds. The zero-order chi connectivity index (χ0) is 19.9. The fourth-order valence-corrected chi connectivity index (χ4v) is 4.12. The van der Waals surface area contributed by atoms with E-state index < -0.39 is 0 Å². The topological polar surface area (TPSA) is 61.9 Å². The van der Waals surface area contributed by atoms with Crippen molar-refractivity contribution in [1.82, 2.24) is 15.1 Å². The van der Waals surface area contributed by atoms with Gasteiger partial charge in [0.05, 0.1) is 18.5 Å². The highest BCUT2D eigenvalue weighted by Crippen LogP contribution is 2.19. The first-order chi connectivity index (χ1) is 13.5. The molecule has 7 heteroatoms. The average Bonchev–Trinajstić information content (AvgIpc) is 3.20. The number of thiophene rings is 1. The Labute approximate surface area is 170 Å². The molecule has 0 spiro atoms. The van der Waals surface area contributed by atoms with Crippen LogP contribution >= 0.6 is 11.3 Å². The zero-order valence-corrected chi connectivity index (χ0v) is 17.3. The molecule has 2 aromatic rings. The van der Waals surface area contributed by atoms with Gasteiger partial charge < -0.3 is 15.0 Å². The van der Waals surface area contributed by atoms with E-state index in [0.29, 0.717) is 6.54 Å². The Balaban J connectivity index is 1.44. The molecule has 1 aliphatic rings. The van der Waals surface area contributed by atoms with Crippen LogP contribution in [-0.4, -0.2) is 61.4 Å². The van der Waals surface area contributed by atoms with Crippen LogP contribution in [0.1, 0.15) is 27.0 Å². The first kappa shape index (κ1) is 20.4. The van der Waals surface area contributed by atoms with E-state index in [9.17, 15) is 9.59 Å². The van der Waals surface area contributed by atoms with E-state index in [0.717, 1.165) is 54.6 Å². The van der Waals surface area contributed by atoms with Crippen molar-refractivity contribution in [2.45, 2.75) is 19.9 Å². The Morgan fingerprint density at radius 2 is 1.79 bits per heavy atom. The molecule has 1 saturated heterocycles. The molecule has 1 fully saturated rings. The predicted octanol–water partition coefficient (Wildman–Crippen LogP) is 2.39. The summed E-state index contributed by atoms with van der Waals surface area (Å²) in [6, 6.07) is 12.0. The second-order valence-electron chi connectivity index (χ2n) is 6.91. The second-order valence-corrected chi connectivity index (χ2v) is 8.08. The fourth-order valence-electron chi connectivity index (χ4n) is 3.21. The lowest BCUT2D eigenvalue weighted by Gasteiger charge is -2.34. The lowest BCUT2D eigenvalue weighted by Crippen LogP contribution is -2.48. The van der Waals surface area contributed by atoms with Crippen LogP contribution in [-0.2, 0) is 17.8 Å². The van der Waals surface area contributed by atoms with E-state index >= 15 is 0 Å². The van der Waals surface area contributed by atoms with Gasteiger partial charge in [0.1, 0.15) is 5.75 Å². The maximum atomic E-state index is 12.7. The van der Waals surface area contributed by atoms with Crippen LogP contribution in [0.15, 0.2) is 36.4 Å². The van der Waals surface area contributed by atoms with Gasteiger partial charge in [0.25, 0.3) is 5.91 Å². The molecule has 6 nitrogen and oxygen atoms in total. The molecule has 2 heterocycles. The van der Waals surface area contributed by atoms with Crippen molar-refractivity contribution < 1.29 is 14.3 Å². The number of amides is 2. The molecular formula is C21H27N3O3S. The summed E-state index contributed by atoms with van der Waals surface area (Å²) < 4.78 is 5.19. The van der Waals surface area contributed by atoms with Crippen LogP contribution < -0.4 is 10.1 Å². The lowest BCUT2D eigenvalue weighted by molar-refractivity contribution is -0.119. The second kappa shape index (κ2) is 9.71. The van der Waals surface area contributed by atoms with E-state index in [4.69, 9.17) is 4.74 Å².